The molecule has 1 saturated heterocycles. The van der Waals surface area contributed by atoms with Crippen LogP contribution in [0.5, 0.6) is 0 Å². The van der Waals surface area contributed by atoms with E-state index in [1.165, 1.54) is 4.90 Å². The van der Waals surface area contributed by atoms with E-state index >= 15 is 0 Å². The predicted molar refractivity (Wildman–Crippen MR) is 66.1 cm³/mol. The van der Waals surface area contributed by atoms with Crippen LogP contribution in [-0.4, -0.2) is 48.3 Å². The molecule has 1 heterocycles. The van der Waals surface area contributed by atoms with Gasteiger partial charge in [0.05, 0.1) is 5.60 Å². The molecule has 7 heteroatoms. The second-order valence-electron chi connectivity index (χ2n) is 5.47. The smallest absolute Gasteiger partial charge is 0.224 e. The molecule has 18 heavy (non-hydrogen) atoms. The summed E-state index contributed by atoms with van der Waals surface area (Å²) in [6.07, 6.45) is 4.31. The lowest BCUT2D eigenvalue weighted by molar-refractivity contribution is -0.131. The number of nitrogens with two attached hydrogens (primary N) is 1. The van der Waals surface area contributed by atoms with E-state index in [1.807, 2.05) is 0 Å². The van der Waals surface area contributed by atoms with Crippen molar-refractivity contribution in [3.8, 4) is 0 Å². The molecule has 3 N–H and O–H groups in total. The first-order valence-electron chi connectivity index (χ1n) is 6.32. The van der Waals surface area contributed by atoms with Crippen LogP contribution in [0.25, 0.3) is 0 Å². The van der Waals surface area contributed by atoms with E-state index in [4.69, 9.17) is 5.14 Å². The molecule has 0 aromatic carbocycles. The van der Waals surface area contributed by atoms with Crippen molar-refractivity contribution in [3.05, 3.63) is 0 Å². The van der Waals surface area contributed by atoms with Crippen LogP contribution in [0.15, 0.2) is 0 Å². The molecule has 6 nitrogen and oxygen atoms in total. The van der Waals surface area contributed by atoms with Gasteiger partial charge in [0.1, 0.15) is 5.25 Å². The molecule has 0 aromatic rings. The normalized spacial score (nSPS) is 28.7. The number of rotatable bonds is 3. The van der Waals surface area contributed by atoms with Crippen LogP contribution in [0.1, 0.15) is 38.5 Å². The second kappa shape index (κ2) is 4.79. The lowest BCUT2D eigenvalue weighted by atomic mass is 9.84. The molecule has 0 spiro atoms. The molecular formula is C11H20N2O4S. The van der Waals surface area contributed by atoms with Crippen LogP contribution in [0.4, 0.5) is 0 Å². The summed E-state index contributed by atoms with van der Waals surface area (Å²) in [4.78, 5) is 13.2. The number of aliphatic hydroxyl groups is 1. The Morgan fingerprint density at radius 1 is 1.33 bits per heavy atom. The van der Waals surface area contributed by atoms with Gasteiger partial charge in [-0.25, -0.2) is 13.6 Å². The number of carbonyl (C=O) groups excluding carboxylic acids is 1. The average molecular weight is 276 g/mol. The highest BCUT2D eigenvalue weighted by Gasteiger charge is 2.40. The maximum Gasteiger partial charge on any atom is 0.224 e. The van der Waals surface area contributed by atoms with Crippen molar-refractivity contribution in [2.45, 2.75) is 49.4 Å². The second-order valence-corrected chi connectivity index (χ2v) is 7.32. The summed E-state index contributed by atoms with van der Waals surface area (Å²) in [5, 5.41) is 14.6. The number of amides is 1. The van der Waals surface area contributed by atoms with Gasteiger partial charge in [-0.1, -0.05) is 19.3 Å². The Labute approximate surface area is 107 Å². The zero-order valence-electron chi connectivity index (χ0n) is 10.3. The molecule has 0 radical (unpaired) electrons. The Kier molecular flexibility index (Phi) is 3.66. The summed E-state index contributed by atoms with van der Waals surface area (Å²) < 4.78 is 22.5. The number of hydrogen-bond donors (Lipinski definition) is 2. The highest BCUT2D eigenvalue weighted by Crippen LogP contribution is 2.30. The number of likely N-dealkylation sites (tertiary alicyclic amines) is 1. The molecule has 1 unspecified atom stereocenters. The lowest BCUT2D eigenvalue weighted by Gasteiger charge is -2.35. The largest absolute Gasteiger partial charge is 0.388 e. The molecule has 1 aliphatic heterocycles. The predicted octanol–water partition coefficient (Wildman–Crippen LogP) is -0.429. The zero-order chi connectivity index (χ0) is 13.4. The summed E-state index contributed by atoms with van der Waals surface area (Å²) in [6.45, 7) is 0.345. The number of sulfonamides is 1. The molecule has 1 aliphatic carbocycles. The highest BCUT2D eigenvalue weighted by atomic mass is 32.2. The van der Waals surface area contributed by atoms with E-state index in [1.54, 1.807) is 0 Å². The van der Waals surface area contributed by atoms with Crippen molar-refractivity contribution < 1.29 is 18.3 Å². The Morgan fingerprint density at radius 2 is 1.94 bits per heavy atom. The van der Waals surface area contributed by atoms with E-state index in [2.05, 4.69) is 0 Å². The molecule has 0 bridgehead atoms. The van der Waals surface area contributed by atoms with Gasteiger partial charge >= 0.3 is 0 Å². The van der Waals surface area contributed by atoms with E-state index in [-0.39, 0.29) is 25.4 Å². The molecule has 1 amide bonds. The maximum atomic E-state index is 11.7. The fourth-order valence-electron chi connectivity index (χ4n) is 2.83. The van der Waals surface area contributed by atoms with Gasteiger partial charge in [-0.05, 0) is 12.8 Å². The number of primary sulfonamides is 1. The van der Waals surface area contributed by atoms with Gasteiger partial charge in [0.25, 0.3) is 0 Å². The van der Waals surface area contributed by atoms with Crippen LogP contribution in [-0.2, 0) is 14.8 Å². The average Bonchev–Trinajstić information content (AvgIpc) is 2.60. The third-order valence-corrected chi connectivity index (χ3v) is 5.16. The van der Waals surface area contributed by atoms with Gasteiger partial charge in [-0.2, -0.15) is 0 Å². The minimum Gasteiger partial charge on any atom is -0.388 e. The van der Waals surface area contributed by atoms with Gasteiger partial charge in [0.2, 0.25) is 15.9 Å². The molecule has 104 valence electrons. The first-order valence-corrected chi connectivity index (χ1v) is 7.93. The molecule has 2 aliphatic rings. The monoisotopic (exact) mass is 276 g/mol. The SMILES string of the molecule is NS(=O)(=O)C1CC(=O)N(CC2(O)CCCCC2)C1. The number of carbonyl (C=O) groups is 1. The lowest BCUT2D eigenvalue weighted by Crippen LogP contribution is -2.45. The molecule has 2 rings (SSSR count). The minimum absolute atomic E-state index is 0.0606. The van der Waals surface area contributed by atoms with Gasteiger partial charge in [-0.15, -0.1) is 0 Å². The van der Waals surface area contributed by atoms with Crippen molar-refractivity contribution in [1.82, 2.24) is 4.90 Å². The molecule has 0 aromatic heterocycles. The topological polar surface area (TPSA) is 101 Å². The number of nitrogens with zero attached hydrogens (tertiary/aromatic N) is 1. The van der Waals surface area contributed by atoms with E-state index < -0.39 is 20.9 Å². The first-order chi connectivity index (χ1) is 8.30. The summed E-state index contributed by atoms with van der Waals surface area (Å²) in [6, 6.07) is 0. The van der Waals surface area contributed by atoms with Crippen LogP contribution in [0.3, 0.4) is 0 Å². The van der Waals surface area contributed by atoms with E-state index in [9.17, 15) is 18.3 Å². The molecule has 1 atom stereocenters. The quantitative estimate of drug-likeness (QED) is 0.730. The summed E-state index contributed by atoms with van der Waals surface area (Å²) >= 11 is 0. The molecule has 2 fully saturated rings. The van der Waals surface area contributed by atoms with Gasteiger partial charge < -0.3 is 10.0 Å². The van der Waals surface area contributed by atoms with E-state index in [0.717, 1.165) is 19.3 Å². The Morgan fingerprint density at radius 3 is 2.44 bits per heavy atom. The van der Waals surface area contributed by atoms with Crippen LogP contribution < -0.4 is 5.14 Å². The van der Waals surface area contributed by atoms with Gasteiger partial charge in [-0.3, -0.25) is 4.79 Å². The summed E-state index contributed by atoms with van der Waals surface area (Å²) in [5.74, 6) is -0.229. The third-order valence-electron chi connectivity index (χ3n) is 3.91. The standard InChI is InChI=1S/C11H20N2O4S/c12-18(16,17)9-6-10(14)13(7-9)8-11(15)4-2-1-3-5-11/h9,15H,1-8H2,(H2,12,16,17). The van der Waals surface area contributed by atoms with Gasteiger partial charge in [0, 0.05) is 19.5 Å². The molecule has 1 saturated carbocycles. The highest BCUT2D eigenvalue weighted by molar-refractivity contribution is 7.89. The van der Waals surface area contributed by atoms with Crippen LogP contribution in [0.2, 0.25) is 0 Å². The minimum atomic E-state index is -3.67. The van der Waals surface area contributed by atoms with Crippen LogP contribution >= 0.6 is 0 Å². The number of hydrogen-bond acceptors (Lipinski definition) is 4. The Balaban J connectivity index is 2.00. The van der Waals surface area contributed by atoms with Gasteiger partial charge in [0.15, 0.2) is 0 Å². The fraction of sp³-hybridized carbons (Fsp3) is 0.909. The third kappa shape index (κ3) is 3.02. The van der Waals surface area contributed by atoms with Crippen molar-refractivity contribution in [3.63, 3.8) is 0 Å². The zero-order valence-corrected chi connectivity index (χ0v) is 11.2. The maximum absolute atomic E-state index is 11.7. The van der Waals surface area contributed by atoms with E-state index in [0.29, 0.717) is 12.8 Å². The van der Waals surface area contributed by atoms with Crippen molar-refractivity contribution in [1.29, 1.82) is 0 Å². The van der Waals surface area contributed by atoms with Crippen molar-refractivity contribution in [2.75, 3.05) is 13.1 Å². The number of β-amino-alcohol motifs (C(OH)–C–C–N with tert-alkyl or cyclic N) is 1. The Bertz CT molecular complexity index is 428. The summed E-state index contributed by atoms with van der Waals surface area (Å²) in [5.41, 5.74) is -0.846. The fourth-order valence-corrected chi connectivity index (χ4v) is 3.59. The Hall–Kier alpha value is -0.660. The van der Waals surface area contributed by atoms with Crippen molar-refractivity contribution in [2.24, 2.45) is 5.14 Å². The first kappa shape index (κ1) is 13.8. The summed E-state index contributed by atoms with van der Waals surface area (Å²) in [7, 11) is -3.67. The van der Waals surface area contributed by atoms with Crippen LogP contribution in [0, 0.1) is 0 Å². The molecular weight excluding hydrogens is 256 g/mol. The van der Waals surface area contributed by atoms with Crippen molar-refractivity contribution >= 4 is 15.9 Å².